The summed E-state index contributed by atoms with van der Waals surface area (Å²) in [5.41, 5.74) is 4.92. The molecule has 20 heteroatoms. The van der Waals surface area contributed by atoms with Gasteiger partial charge in [-0.3, -0.25) is 33.3 Å². The second-order valence-corrected chi connectivity index (χ2v) is 20.7. The molecule has 0 spiro atoms. The number of carbonyl (C=O) groups excluding carboxylic acids is 7. The molecule has 75 heavy (non-hydrogen) atoms. The minimum atomic E-state index is -4.60. The molecule has 2 aromatic carbocycles. The molecule has 406 valence electrons. The highest BCUT2D eigenvalue weighted by atomic mass is 32.2. The van der Waals surface area contributed by atoms with Crippen LogP contribution in [0.3, 0.4) is 0 Å². The van der Waals surface area contributed by atoms with Crippen LogP contribution in [0.25, 0.3) is 33.4 Å². The Labute approximate surface area is 439 Å². The number of piperazine rings is 1. The van der Waals surface area contributed by atoms with E-state index in [-0.39, 0.29) is 50.3 Å². The minimum Gasteiger partial charge on any atom is -0.456 e. The van der Waals surface area contributed by atoms with Crippen LogP contribution in [0, 0.1) is 0 Å². The van der Waals surface area contributed by atoms with Gasteiger partial charge in [0.25, 0.3) is 27.8 Å². The van der Waals surface area contributed by atoms with Crippen molar-refractivity contribution in [3.05, 3.63) is 71.6 Å². The van der Waals surface area contributed by atoms with Gasteiger partial charge in [-0.05, 0) is 110 Å². The third kappa shape index (κ3) is 15.8. The maximum absolute atomic E-state index is 14.5. The van der Waals surface area contributed by atoms with E-state index in [1.807, 2.05) is 36.2 Å². The third-order valence-corrected chi connectivity index (χ3v) is 14.8. The molecule has 3 heterocycles. The molecular weight excluding hydrogens is 983 g/mol. The Bertz CT molecular complexity index is 2830. The molecule has 3 aliphatic heterocycles. The summed E-state index contributed by atoms with van der Waals surface area (Å²) in [6.07, 6.45) is 3.08. The maximum atomic E-state index is 14.5. The molecule has 0 aromatic heterocycles. The number of unbranched alkanes of at least 4 members (excludes halogenated alkanes) is 3. The smallest absolute Gasteiger partial charge is 0.333 e. The number of nitrogens with one attached hydrogen (secondary N) is 1. The minimum absolute atomic E-state index is 0.0272. The number of rotatable bonds is 27. The number of hydroxylamine groups is 2. The van der Waals surface area contributed by atoms with Crippen molar-refractivity contribution in [3.8, 4) is 22.5 Å². The Hall–Kier alpha value is -6.51. The summed E-state index contributed by atoms with van der Waals surface area (Å²) in [4.78, 5) is 102. The molecule has 0 bridgehead atoms. The Morgan fingerprint density at radius 1 is 0.760 bits per heavy atom. The standard InChI is InChI=1S/C55H73N7O12S/c1-6-58(7-2)39-24-26-43-47(36-39)73-48-37-40(59(8-3)9-4)25-27-44(48)54(43)41-18-12-13-19-42(41)55(69)61-34-32-60(33-35-61)50(65)22-15-14-21-49(64)56-45(38-75(70,71)72)46(63)20-17-31-57(5)30-16-10-11-23-53(68)74-62-51(66)28-29-52(62)67/h12-13,18-19,24-27,36-37,45H,6-11,14-17,20-23,28-35,38H2,1-5H3,(H-,56,64,70,71,72)/p+1. The van der Waals surface area contributed by atoms with E-state index in [0.717, 1.165) is 77.1 Å². The van der Waals surface area contributed by atoms with E-state index in [1.54, 1.807) is 9.80 Å². The maximum Gasteiger partial charge on any atom is 0.333 e. The highest BCUT2D eigenvalue weighted by Crippen LogP contribution is 2.42. The summed E-state index contributed by atoms with van der Waals surface area (Å²) in [5.74, 6) is -3.30. The number of imide groups is 1. The van der Waals surface area contributed by atoms with Crippen LogP contribution in [0.15, 0.2) is 65.1 Å². The lowest BCUT2D eigenvalue weighted by Gasteiger charge is -2.35. The lowest BCUT2D eigenvalue weighted by molar-refractivity contribution is -0.197. The van der Waals surface area contributed by atoms with Gasteiger partial charge in [-0.1, -0.05) is 24.6 Å². The van der Waals surface area contributed by atoms with Gasteiger partial charge in [0.05, 0.1) is 6.07 Å². The number of amides is 5. The SMILES string of the molecule is CCN(CC)c1ccc2c(-c3ccccc3C(=O)N3CCN(C(=O)CCCCC(=O)NC(CS(=O)(=O)O)C(=O)CCCN(C)CCCCCC(=O)ON4C(=O)CCC4=O)CC3)c3ccc(=[N+](CC)CC)cc-3oc2c1. The van der Waals surface area contributed by atoms with Crippen LogP contribution < -0.4 is 20.1 Å². The summed E-state index contributed by atoms with van der Waals surface area (Å²) < 4.78 is 42.1. The zero-order valence-corrected chi connectivity index (χ0v) is 45.0. The number of hydrogen-bond donors (Lipinski definition) is 2. The summed E-state index contributed by atoms with van der Waals surface area (Å²) in [6, 6.07) is 18.7. The second-order valence-electron chi connectivity index (χ2n) is 19.2. The first-order chi connectivity index (χ1) is 35.9. The predicted molar refractivity (Wildman–Crippen MR) is 285 cm³/mol. The van der Waals surface area contributed by atoms with Crippen molar-refractivity contribution in [2.24, 2.45) is 0 Å². The molecule has 2 fully saturated rings. The van der Waals surface area contributed by atoms with Gasteiger partial charge >= 0.3 is 5.97 Å². The number of carbonyl (C=O) groups is 7. The molecule has 19 nitrogen and oxygen atoms in total. The van der Waals surface area contributed by atoms with Crippen molar-refractivity contribution in [2.45, 2.75) is 111 Å². The van der Waals surface area contributed by atoms with Crippen molar-refractivity contribution in [1.82, 2.24) is 29.7 Å². The summed E-state index contributed by atoms with van der Waals surface area (Å²) in [7, 11) is -2.75. The fourth-order valence-corrected chi connectivity index (χ4v) is 10.5. The molecule has 2 saturated heterocycles. The van der Waals surface area contributed by atoms with Gasteiger partial charge in [0.2, 0.25) is 17.2 Å². The molecule has 5 amide bonds. The number of anilines is 1. The molecule has 1 atom stereocenters. The van der Waals surface area contributed by atoms with Gasteiger partial charge in [0.15, 0.2) is 5.78 Å². The van der Waals surface area contributed by atoms with Gasteiger partial charge in [-0.2, -0.15) is 8.42 Å². The first kappa shape index (κ1) is 57.8. The van der Waals surface area contributed by atoms with E-state index in [1.165, 1.54) is 0 Å². The average Bonchev–Trinajstić information content (AvgIpc) is 3.71. The number of nitrogens with zero attached hydrogens (tertiary/aromatic N) is 6. The fraction of sp³-hybridized carbons (Fsp3) is 0.527. The van der Waals surface area contributed by atoms with E-state index < -0.39 is 51.4 Å². The van der Waals surface area contributed by atoms with Gasteiger partial charge in [0, 0.05) is 118 Å². The molecule has 0 radical (unpaired) electrons. The molecule has 1 aliphatic carbocycles. The summed E-state index contributed by atoms with van der Waals surface area (Å²) >= 11 is 0. The number of ketones is 1. The largest absolute Gasteiger partial charge is 0.456 e. The van der Waals surface area contributed by atoms with Crippen LogP contribution in [0.2, 0.25) is 0 Å². The molecule has 6 rings (SSSR count). The number of Topliss-reactive ketones (excluding diaryl/α,β-unsaturated/α-hetero) is 1. The van der Waals surface area contributed by atoms with E-state index in [4.69, 9.17) is 9.25 Å². The Morgan fingerprint density at radius 2 is 1.41 bits per heavy atom. The van der Waals surface area contributed by atoms with Crippen molar-refractivity contribution < 1.29 is 55.8 Å². The van der Waals surface area contributed by atoms with Crippen molar-refractivity contribution in [2.75, 3.05) is 83.1 Å². The lowest BCUT2D eigenvalue weighted by Crippen LogP contribution is -2.50. The van der Waals surface area contributed by atoms with E-state index in [0.29, 0.717) is 82.0 Å². The van der Waals surface area contributed by atoms with Gasteiger partial charge in [-0.15, -0.1) is 5.06 Å². The molecular formula is C55H74N7O12S+. The first-order valence-electron chi connectivity index (χ1n) is 26.5. The first-order valence-corrected chi connectivity index (χ1v) is 28.1. The zero-order valence-electron chi connectivity index (χ0n) is 44.1. The molecule has 1 unspecified atom stereocenters. The van der Waals surface area contributed by atoms with Gasteiger partial charge in [-0.25, -0.2) is 9.37 Å². The van der Waals surface area contributed by atoms with Gasteiger partial charge in [0.1, 0.15) is 36.2 Å². The van der Waals surface area contributed by atoms with Gasteiger partial charge < -0.3 is 34.2 Å². The van der Waals surface area contributed by atoms with Crippen LogP contribution in [-0.4, -0.2) is 158 Å². The van der Waals surface area contributed by atoms with Crippen LogP contribution in [0.4, 0.5) is 5.69 Å². The average molecular weight is 1060 g/mol. The second kappa shape index (κ2) is 27.3. The van der Waals surface area contributed by atoms with Crippen LogP contribution in [-0.2, 0) is 43.7 Å². The predicted octanol–water partition coefficient (Wildman–Crippen LogP) is 5.53. The van der Waals surface area contributed by atoms with Crippen molar-refractivity contribution >= 4 is 68.1 Å². The third-order valence-electron chi connectivity index (χ3n) is 14.0. The van der Waals surface area contributed by atoms with Crippen LogP contribution in [0.1, 0.15) is 115 Å². The molecule has 0 saturated carbocycles. The number of fused-ring (bicyclic) bond motifs is 2. The summed E-state index contributed by atoms with van der Waals surface area (Å²) in [5, 5.41) is 4.94. The molecule has 2 aromatic rings. The molecule has 2 N–H and O–H groups in total. The Balaban J connectivity index is 0.968. The molecule has 4 aliphatic rings. The summed E-state index contributed by atoms with van der Waals surface area (Å²) in [6.45, 7) is 14.3. The number of benzene rings is 3. The van der Waals surface area contributed by atoms with E-state index in [9.17, 15) is 46.5 Å². The fourth-order valence-electron chi connectivity index (χ4n) is 9.80. The van der Waals surface area contributed by atoms with Crippen molar-refractivity contribution in [3.63, 3.8) is 0 Å². The van der Waals surface area contributed by atoms with Crippen molar-refractivity contribution in [1.29, 1.82) is 0 Å². The monoisotopic (exact) mass is 1060 g/mol. The van der Waals surface area contributed by atoms with E-state index >= 15 is 0 Å². The van der Waals surface area contributed by atoms with E-state index in [2.05, 4.69) is 78.9 Å². The topological polar surface area (TPSA) is 227 Å². The zero-order chi connectivity index (χ0) is 54.2. The highest BCUT2D eigenvalue weighted by molar-refractivity contribution is 7.85. The Morgan fingerprint density at radius 3 is 2.09 bits per heavy atom. The Kier molecular flexibility index (Phi) is 21.0. The highest BCUT2D eigenvalue weighted by Gasteiger charge is 2.33. The lowest BCUT2D eigenvalue weighted by atomic mass is 9.90. The quantitative estimate of drug-likeness (QED) is 0.0246. The number of hydrogen-bond acceptors (Lipinski definition) is 13. The van der Waals surface area contributed by atoms with Crippen LogP contribution >= 0.6 is 0 Å². The normalized spacial score (nSPS) is 14.5. The van der Waals surface area contributed by atoms with Crippen LogP contribution in [0.5, 0.6) is 0 Å².